The number of amides is 4. The molecule has 27 heavy (non-hydrogen) atoms. The Hall–Kier alpha value is -1.34. The molecular formula is C19H31ClN4O3. The van der Waals surface area contributed by atoms with Crippen molar-refractivity contribution in [2.75, 3.05) is 19.6 Å². The van der Waals surface area contributed by atoms with Crippen molar-refractivity contribution >= 4 is 30.3 Å². The maximum Gasteiger partial charge on any atom is 0.325 e. The number of urea groups is 1. The fourth-order valence-corrected chi connectivity index (χ4v) is 4.64. The van der Waals surface area contributed by atoms with E-state index in [0.717, 1.165) is 38.1 Å². The van der Waals surface area contributed by atoms with Crippen LogP contribution in [0.25, 0.3) is 0 Å². The first-order chi connectivity index (χ1) is 12.5. The van der Waals surface area contributed by atoms with Crippen LogP contribution in [0.3, 0.4) is 0 Å². The highest BCUT2D eigenvalue weighted by atomic mass is 35.5. The molecular weight excluding hydrogens is 368 g/mol. The highest BCUT2D eigenvalue weighted by Gasteiger charge is 2.54. The topological polar surface area (TPSA) is 81.8 Å². The summed E-state index contributed by atoms with van der Waals surface area (Å²) in [7, 11) is 0. The molecule has 4 rings (SSSR count). The Balaban J connectivity index is 0.00000210. The molecule has 0 aromatic carbocycles. The number of hydrogen-bond donors (Lipinski definition) is 2. The molecule has 2 saturated carbocycles. The lowest BCUT2D eigenvalue weighted by Crippen LogP contribution is -2.54. The summed E-state index contributed by atoms with van der Waals surface area (Å²) in [5.74, 6) is 0.545. The predicted molar refractivity (Wildman–Crippen MR) is 104 cm³/mol. The number of likely N-dealkylation sites (tertiary alicyclic amines) is 1. The van der Waals surface area contributed by atoms with Gasteiger partial charge in [-0.25, -0.2) is 9.69 Å². The molecule has 4 aliphatic rings. The molecule has 0 aromatic heterocycles. The minimum Gasteiger partial charge on any atom is -0.341 e. The largest absolute Gasteiger partial charge is 0.341 e. The van der Waals surface area contributed by atoms with Gasteiger partial charge in [-0.1, -0.05) is 12.8 Å². The number of nitrogens with one attached hydrogen (secondary N) is 2. The maximum absolute atomic E-state index is 12.9. The molecule has 152 valence electrons. The summed E-state index contributed by atoms with van der Waals surface area (Å²) in [6.07, 6.45) is 7.84. The fraction of sp³-hybridized carbons (Fsp3) is 0.842. The second-order valence-corrected chi connectivity index (χ2v) is 8.52. The third-order valence-corrected chi connectivity index (χ3v) is 6.59. The Morgan fingerprint density at radius 2 is 1.81 bits per heavy atom. The molecule has 0 aromatic rings. The van der Waals surface area contributed by atoms with Crippen LogP contribution in [0.15, 0.2) is 0 Å². The van der Waals surface area contributed by atoms with Crippen molar-refractivity contribution in [2.45, 2.75) is 75.9 Å². The first kappa shape index (κ1) is 20.4. The summed E-state index contributed by atoms with van der Waals surface area (Å²) in [6, 6.07) is -0.648. The molecule has 1 spiro atoms. The third kappa shape index (κ3) is 3.94. The normalized spacial score (nSPS) is 26.3. The lowest BCUT2D eigenvalue weighted by molar-refractivity contribution is -0.143. The van der Waals surface area contributed by atoms with E-state index in [1.54, 1.807) is 6.92 Å². The van der Waals surface area contributed by atoms with Gasteiger partial charge in [-0.2, -0.15) is 0 Å². The molecule has 2 N–H and O–H groups in total. The van der Waals surface area contributed by atoms with Crippen LogP contribution in [0.2, 0.25) is 0 Å². The van der Waals surface area contributed by atoms with Gasteiger partial charge in [-0.05, 0) is 57.9 Å². The van der Waals surface area contributed by atoms with Crippen molar-refractivity contribution in [3.63, 3.8) is 0 Å². The van der Waals surface area contributed by atoms with Gasteiger partial charge in [0.15, 0.2) is 0 Å². The van der Waals surface area contributed by atoms with Crippen LogP contribution >= 0.6 is 12.4 Å². The molecule has 1 unspecified atom stereocenters. The standard InChI is InChI=1S/C19H30N4O3.ClH/c1-13(23-17(25)19(21-18(23)26)8-2-3-9-19)16(24)22-10-6-15(7-11-22)20-12-14-4-5-14;/h13-15,20H,2-12H2,1H3,(H,21,26);1H. The Kier molecular flexibility index (Phi) is 6.01. The van der Waals surface area contributed by atoms with Crippen LogP contribution in [0.4, 0.5) is 4.79 Å². The zero-order chi connectivity index (χ0) is 18.3. The highest BCUT2D eigenvalue weighted by molar-refractivity contribution is 6.09. The number of nitrogens with zero attached hydrogens (tertiary/aromatic N) is 2. The number of carbonyl (C=O) groups is 3. The highest BCUT2D eigenvalue weighted by Crippen LogP contribution is 2.36. The molecule has 1 atom stereocenters. The molecule has 0 radical (unpaired) electrons. The zero-order valence-corrected chi connectivity index (χ0v) is 16.9. The molecule has 7 nitrogen and oxygen atoms in total. The molecule has 2 aliphatic carbocycles. The number of piperidine rings is 1. The first-order valence-electron chi connectivity index (χ1n) is 10.2. The molecule has 4 fully saturated rings. The molecule has 8 heteroatoms. The van der Waals surface area contributed by atoms with E-state index in [-0.39, 0.29) is 24.2 Å². The minimum absolute atomic E-state index is 0. The molecule has 2 heterocycles. The van der Waals surface area contributed by atoms with Gasteiger partial charge in [0.2, 0.25) is 5.91 Å². The van der Waals surface area contributed by atoms with E-state index in [1.807, 2.05) is 4.90 Å². The van der Waals surface area contributed by atoms with Crippen LogP contribution in [-0.4, -0.2) is 64.9 Å². The van der Waals surface area contributed by atoms with Crippen LogP contribution < -0.4 is 10.6 Å². The van der Waals surface area contributed by atoms with Gasteiger partial charge >= 0.3 is 6.03 Å². The van der Waals surface area contributed by atoms with Crippen molar-refractivity contribution in [3.05, 3.63) is 0 Å². The maximum atomic E-state index is 12.9. The number of imide groups is 1. The van der Waals surface area contributed by atoms with Crippen LogP contribution in [0, 0.1) is 5.92 Å². The Bertz CT molecular complexity index is 596. The van der Waals surface area contributed by atoms with Gasteiger partial charge in [0, 0.05) is 19.1 Å². The SMILES string of the molecule is CC(C(=O)N1CCC(NCC2CC2)CC1)N1C(=O)NC2(CCCC2)C1=O.Cl. The summed E-state index contributed by atoms with van der Waals surface area (Å²) in [5.41, 5.74) is -0.745. The van der Waals surface area contributed by atoms with E-state index in [9.17, 15) is 14.4 Å². The number of hydrogen-bond acceptors (Lipinski definition) is 4. The zero-order valence-electron chi connectivity index (χ0n) is 16.0. The van der Waals surface area contributed by atoms with Gasteiger partial charge < -0.3 is 15.5 Å². The number of carbonyl (C=O) groups excluding carboxylic acids is 3. The molecule has 4 amide bonds. The van der Waals surface area contributed by atoms with Crippen molar-refractivity contribution in [2.24, 2.45) is 5.92 Å². The molecule has 2 saturated heterocycles. The van der Waals surface area contributed by atoms with Crippen molar-refractivity contribution < 1.29 is 14.4 Å². The predicted octanol–water partition coefficient (Wildman–Crippen LogP) is 1.65. The van der Waals surface area contributed by atoms with Gasteiger partial charge in [-0.3, -0.25) is 9.59 Å². The number of halogens is 1. The third-order valence-electron chi connectivity index (χ3n) is 6.59. The van der Waals surface area contributed by atoms with Crippen LogP contribution in [0.5, 0.6) is 0 Å². The van der Waals surface area contributed by atoms with Gasteiger partial charge in [0.05, 0.1) is 0 Å². The number of rotatable bonds is 5. The average molecular weight is 399 g/mol. The summed E-state index contributed by atoms with van der Waals surface area (Å²) in [6.45, 7) is 4.17. The quantitative estimate of drug-likeness (QED) is 0.690. The fourth-order valence-electron chi connectivity index (χ4n) is 4.64. The van der Waals surface area contributed by atoms with Crippen LogP contribution in [-0.2, 0) is 9.59 Å². The van der Waals surface area contributed by atoms with E-state index in [4.69, 9.17) is 0 Å². The van der Waals surface area contributed by atoms with E-state index >= 15 is 0 Å². The Morgan fingerprint density at radius 3 is 2.41 bits per heavy atom. The van der Waals surface area contributed by atoms with E-state index in [0.29, 0.717) is 32.0 Å². The monoisotopic (exact) mass is 398 g/mol. The van der Waals surface area contributed by atoms with Crippen LogP contribution in [0.1, 0.15) is 58.3 Å². The molecule has 0 bridgehead atoms. The Morgan fingerprint density at radius 1 is 1.19 bits per heavy atom. The summed E-state index contributed by atoms with van der Waals surface area (Å²) in [4.78, 5) is 41.1. The van der Waals surface area contributed by atoms with E-state index < -0.39 is 17.6 Å². The summed E-state index contributed by atoms with van der Waals surface area (Å²) in [5, 5.41) is 6.47. The minimum atomic E-state index is -0.745. The van der Waals surface area contributed by atoms with Gasteiger partial charge in [-0.15, -0.1) is 12.4 Å². The second-order valence-electron chi connectivity index (χ2n) is 8.52. The lowest BCUT2D eigenvalue weighted by Gasteiger charge is -2.35. The van der Waals surface area contributed by atoms with Gasteiger partial charge in [0.25, 0.3) is 5.91 Å². The second kappa shape index (κ2) is 7.95. The summed E-state index contributed by atoms with van der Waals surface area (Å²) < 4.78 is 0. The van der Waals surface area contributed by atoms with Crippen molar-refractivity contribution in [3.8, 4) is 0 Å². The lowest BCUT2D eigenvalue weighted by atomic mass is 9.97. The molecule has 2 aliphatic heterocycles. The van der Waals surface area contributed by atoms with E-state index in [1.165, 1.54) is 17.7 Å². The average Bonchev–Trinajstić information content (AvgIpc) is 3.30. The van der Waals surface area contributed by atoms with Gasteiger partial charge in [0.1, 0.15) is 11.6 Å². The van der Waals surface area contributed by atoms with Crippen molar-refractivity contribution in [1.29, 1.82) is 0 Å². The summed E-state index contributed by atoms with van der Waals surface area (Å²) >= 11 is 0. The van der Waals surface area contributed by atoms with E-state index in [2.05, 4.69) is 10.6 Å². The Labute approximate surface area is 167 Å². The smallest absolute Gasteiger partial charge is 0.325 e. The van der Waals surface area contributed by atoms with Crippen molar-refractivity contribution in [1.82, 2.24) is 20.4 Å². The first-order valence-corrected chi connectivity index (χ1v) is 10.2.